The van der Waals surface area contributed by atoms with Crippen LogP contribution in [0.15, 0.2) is 54.6 Å². The number of hydrogen-bond donors (Lipinski definition) is 3. The van der Waals surface area contributed by atoms with Gasteiger partial charge in [0.1, 0.15) is 12.1 Å². The fourth-order valence-corrected chi connectivity index (χ4v) is 4.53. The van der Waals surface area contributed by atoms with Gasteiger partial charge in [0.15, 0.2) is 6.10 Å². The minimum atomic E-state index is -1.50. The molecule has 0 aromatic heterocycles. The molecule has 3 N–H and O–H groups in total. The standard InChI is InChI=1S/C29H38N2O6/c1-20(2)18-31(19-26(32)28(35)37-24-11-7-4-8-12-24)29(36)30-25(27(33)34)17-21-13-15-23(16-14-21)22-9-5-3-6-10-22/h3,5-6,9-10,13-16,20,24-26,32H,4,7-8,11-12,17-19H2,1-2H3,(H,30,36)(H,33,34)/t25-,26-/m0/s1. The van der Waals surface area contributed by atoms with Crippen molar-refractivity contribution in [2.45, 2.75) is 70.6 Å². The molecule has 8 nitrogen and oxygen atoms in total. The highest BCUT2D eigenvalue weighted by Gasteiger charge is 2.29. The van der Waals surface area contributed by atoms with Gasteiger partial charge >= 0.3 is 18.0 Å². The van der Waals surface area contributed by atoms with E-state index in [0.29, 0.717) is 0 Å². The second kappa shape index (κ2) is 13.8. The lowest BCUT2D eigenvalue weighted by atomic mass is 9.98. The summed E-state index contributed by atoms with van der Waals surface area (Å²) < 4.78 is 5.44. The van der Waals surface area contributed by atoms with Crippen molar-refractivity contribution in [3.05, 3.63) is 60.2 Å². The van der Waals surface area contributed by atoms with Crippen LogP contribution in [0.25, 0.3) is 11.1 Å². The van der Waals surface area contributed by atoms with Crippen molar-refractivity contribution in [1.29, 1.82) is 0 Å². The van der Waals surface area contributed by atoms with E-state index in [1.807, 2.05) is 68.4 Å². The summed E-state index contributed by atoms with van der Waals surface area (Å²) in [6.07, 6.45) is 3.04. The predicted molar refractivity (Wildman–Crippen MR) is 141 cm³/mol. The molecule has 37 heavy (non-hydrogen) atoms. The first-order chi connectivity index (χ1) is 17.7. The van der Waals surface area contributed by atoms with E-state index >= 15 is 0 Å². The maximum absolute atomic E-state index is 13.1. The third kappa shape index (κ3) is 8.89. The Kier molecular flexibility index (Phi) is 10.5. The van der Waals surface area contributed by atoms with Crippen molar-refractivity contribution in [3.63, 3.8) is 0 Å². The van der Waals surface area contributed by atoms with Gasteiger partial charge in [-0.15, -0.1) is 0 Å². The van der Waals surface area contributed by atoms with Gasteiger partial charge in [0, 0.05) is 13.0 Å². The molecular weight excluding hydrogens is 472 g/mol. The molecule has 0 aliphatic heterocycles. The third-order valence-electron chi connectivity index (χ3n) is 6.47. The van der Waals surface area contributed by atoms with Gasteiger partial charge in [-0.2, -0.15) is 0 Å². The van der Waals surface area contributed by atoms with E-state index in [-0.39, 0.29) is 31.5 Å². The lowest BCUT2D eigenvalue weighted by molar-refractivity contribution is -0.161. The molecule has 1 saturated carbocycles. The molecule has 1 aliphatic carbocycles. The van der Waals surface area contributed by atoms with Crippen molar-refractivity contribution in [2.24, 2.45) is 5.92 Å². The molecule has 0 unspecified atom stereocenters. The number of benzene rings is 2. The molecular formula is C29H38N2O6. The Labute approximate surface area is 218 Å². The van der Waals surface area contributed by atoms with Crippen LogP contribution < -0.4 is 5.32 Å². The van der Waals surface area contributed by atoms with Crippen molar-refractivity contribution in [1.82, 2.24) is 10.2 Å². The normalized spacial score (nSPS) is 15.6. The van der Waals surface area contributed by atoms with Crippen molar-refractivity contribution in [2.75, 3.05) is 13.1 Å². The zero-order chi connectivity index (χ0) is 26.8. The predicted octanol–water partition coefficient (Wildman–Crippen LogP) is 4.25. The maximum atomic E-state index is 13.1. The van der Waals surface area contributed by atoms with Gasteiger partial charge in [0.05, 0.1) is 6.54 Å². The van der Waals surface area contributed by atoms with Crippen LogP contribution in [-0.4, -0.2) is 64.4 Å². The van der Waals surface area contributed by atoms with Gasteiger partial charge in [-0.25, -0.2) is 14.4 Å². The van der Waals surface area contributed by atoms with Gasteiger partial charge in [-0.3, -0.25) is 0 Å². The number of carboxylic acid groups (broad SMARTS) is 1. The number of carbonyl (C=O) groups is 3. The Morgan fingerprint density at radius 1 is 0.946 bits per heavy atom. The molecule has 8 heteroatoms. The molecule has 1 aliphatic rings. The molecule has 0 heterocycles. The summed E-state index contributed by atoms with van der Waals surface area (Å²) in [4.78, 5) is 38.7. The molecule has 200 valence electrons. The summed E-state index contributed by atoms with van der Waals surface area (Å²) in [6, 6.07) is 15.6. The summed E-state index contributed by atoms with van der Waals surface area (Å²) in [5, 5.41) is 22.8. The van der Waals surface area contributed by atoms with Crippen LogP contribution in [-0.2, 0) is 20.7 Å². The van der Waals surface area contributed by atoms with Crippen molar-refractivity contribution >= 4 is 18.0 Å². The number of carbonyl (C=O) groups excluding carboxylic acids is 2. The van der Waals surface area contributed by atoms with Crippen LogP contribution in [0.1, 0.15) is 51.5 Å². The minimum absolute atomic E-state index is 0.0427. The van der Waals surface area contributed by atoms with E-state index in [9.17, 15) is 24.6 Å². The number of amides is 2. The molecule has 0 bridgehead atoms. The van der Waals surface area contributed by atoms with Gasteiger partial charge in [0.2, 0.25) is 0 Å². The number of nitrogens with zero attached hydrogens (tertiary/aromatic N) is 1. The number of rotatable bonds is 11. The molecule has 2 amide bonds. The first kappa shape index (κ1) is 28.2. The van der Waals surface area contributed by atoms with Gasteiger partial charge in [-0.05, 0) is 48.3 Å². The van der Waals surface area contributed by atoms with Gasteiger partial charge in [-0.1, -0.05) is 74.9 Å². The SMILES string of the molecule is CC(C)CN(C[C@H](O)C(=O)OC1CCCCC1)C(=O)N[C@@H](Cc1ccc(-c2ccccc2)cc1)C(=O)O. The lowest BCUT2D eigenvalue weighted by Gasteiger charge is -2.29. The summed E-state index contributed by atoms with van der Waals surface area (Å²) in [5.74, 6) is -1.87. The molecule has 0 radical (unpaired) electrons. The quantitative estimate of drug-likeness (QED) is 0.389. The average Bonchev–Trinajstić information content (AvgIpc) is 2.89. The topological polar surface area (TPSA) is 116 Å². The van der Waals surface area contributed by atoms with Gasteiger partial charge < -0.3 is 25.2 Å². The summed E-state index contributed by atoms with van der Waals surface area (Å²) in [6.45, 7) is 3.78. The Morgan fingerprint density at radius 2 is 1.57 bits per heavy atom. The molecule has 2 aromatic rings. The Morgan fingerprint density at radius 3 is 2.16 bits per heavy atom. The molecule has 2 atom stereocenters. The maximum Gasteiger partial charge on any atom is 0.337 e. The molecule has 1 fully saturated rings. The summed E-state index contributed by atoms with van der Waals surface area (Å²) in [7, 11) is 0. The number of carboxylic acids is 1. The lowest BCUT2D eigenvalue weighted by Crippen LogP contribution is -2.52. The van der Waals surface area contributed by atoms with Crippen molar-refractivity contribution < 1.29 is 29.3 Å². The highest BCUT2D eigenvalue weighted by Crippen LogP contribution is 2.21. The summed E-state index contributed by atoms with van der Waals surface area (Å²) >= 11 is 0. The van der Waals surface area contributed by atoms with E-state index in [0.717, 1.165) is 48.8 Å². The fraction of sp³-hybridized carbons (Fsp3) is 0.483. The molecule has 2 aromatic carbocycles. The van der Waals surface area contributed by atoms with Crippen LogP contribution in [0.4, 0.5) is 4.79 Å². The zero-order valence-electron chi connectivity index (χ0n) is 21.6. The van der Waals surface area contributed by atoms with Crippen molar-refractivity contribution in [3.8, 4) is 11.1 Å². The number of nitrogens with one attached hydrogen (secondary N) is 1. The van der Waals surface area contributed by atoms with Crippen LogP contribution in [0, 0.1) is 5.92 Å². The van der Waals surface area contributed by atoms with E-state index in [4.69, 9.17) is 4.74 Å². The monoisotopic (exact) mass is 510 g/mol. The summed E-state index contributed by atoms with van der Waals surface area (Å²) in [5.41, 5.74) is 2.83. The number of urea groups is 1. The zero-order valence-corrected chi connectivity index (χ0v) is 21.6. The van der Waals surface area contributed by atoms with E-state index in [2.05, 4.69) is 5.32 Å². The fourth-order valence-electron chi connectivity index (χ4n) is 4.53. The van der Waals surface area contributed by atoms with E-state index in [1.165, 1.54) is 4.90 Å². The minimum Gasteiger partial charge on any atom is -0.480 e. The second-order valence-corrected chi connectivity index (χ2v) is 10.1. The molecule has 3 rings (SSSR count). The number of aliphatic hydroxyl groups is 1. The number of ether oxygens (including phenoxy) is 1. The Bertz CT molecular complexity index is 1020. The van der Waals surface area contributed by atoms with Crippen LogP contribution in [0.3, 0.4) is 0 Å². The van der Waals surface area contributed by atoms with Crippen LogP contribution >= 0.6 is 0 Å². The third-order valence-corrected chi connectivity index (χ3v) is 6.47. The van der Waals surface area contributed by atoms with Gasteiger partial charge in [0.25, 0.3) is 0 Å². The largest absolute Gasteiger partial charge is 0.480 e. The Hall–Kier alpha value is -3.39. The number of esters is 1. The van der Waals surface area contributed by atoms with E-state index in [1.54, 1.807) is 0 Å². The van der Waals surface area contributed by atoms with Crippen LogP contribution in [0.5, 0.6) is 0 Å². The number of aliphatic carboxylic acids is 1. The second-order valence-electron chi connectivity index (χ2n) is 10.1. The van der Waals surface area contributed by atoms with E-state index < -0.39 is 30.1 Å². The first-order valence-corrected chi connectivity index (χ1v) is 13.0. The highest BCUT2D eigenvalue weighted by atomic mass is 16.6. The molecule has 0 saturated heterocycles. The Balaban J connectivity index is 1.62. The smallest absolute Gasteiger partial charge is 0.337 e. The highest BCUT2D eigenvalue weighted by molar-refractivity contribution is 5.83. The number of aliphatic hydroxyl groups excluding tert-OH is 1. The number of hydrogen-bond acceptors (Lipinski definition) is 5. The first-order valence-electron chi connectivity index (χ1n) is 13.0. The molecule has 0 spiro atoms. The van der Waals surface area contributed by atoms with Crippen LogP contribution in [0.2, 0.25) is 0 Å². The average molecular weight is 511 g/mol.